The number of nitrogens with one attached hydrogen (secondary N) is 1. The molecule has 2 amide bonds. The summed E-state index contributed by atoms with van der Waals surface area (Å²) >= 11 is 1.36. The van der Waals surface area contributed by atoms with Gasteiger partial charge in [-0.1, -0.05) is 13.3 Å². The lowest BCUT2D eigenvalue weighted by Gasteiger charge is -2.27. The van der Waals surface area contributed by atoms with E-state index in [-0.39, 0.29) is 11.8 Å². The molecule has 0 fully saturated rings. The van der Waals surface area contributed by atoms with Crippen LogP contribution in [-0.4, -0.2) is 51.1 Å². The molecule has 0 saturated carbocycles. The number of nitrogen functional groups attached to an aromatic ring is 1. The molecule has 0 radical (unpaired) electrons. The van der Waals surface area contributed by atoms with Crippen molar-refractivity contribution in [3.63, 3.8) is 0 Å². The molecular formula is C22H29N3O5S. The fourth-order valence-corrected chi connectivity index (χ4v) is 4.82. The molecule has 8 nitrogen and oxygen atoms in total. The molecule has 0 saturated heterocycles. The third kappa shape index (κ3) is 4.56. The van der Waals surface area contributed by atoms with Crippen molar-refractivity contribution in [3.05, 3.63) is 33.7 Å². The van der Waals surface area contributed by atoms with E-state index in [1.54, 1.807) is 17.0 Å². The number of thiophene rings is 1. The first-order chi connectivity index (χ1) is 14.9. The van der Waals surface area contributed by atoms with Crippen LogP contribution in [-0.2, 0) is 13.0 Å². The van der Waals surface area contributed by atoms with E-state index in [4.69, 9.17) is 19.9 Å². The van der Waals surface area contributed by atoms with E-state index in [2.05, 4.69) is 12.2 Å². The van der Waals surface area contributed by atoms with Crippen LogP contribution in [0.4, 0.5) is 9.80 Å². The number of nitrogens with zero attached hydrogens (tertiary/aromatic N) is 1. The number of benzene rings is 1. The van der Waals surface area contributed by atoms with Crippen molar-refractivity contribution in [3.8, 4) is 17.2 Å². The van der Waals surface area contributed by atoms with Crippen molar-refractivity contribution in [1.82, 2.24) is 10.2 Å². The summed E-state index contributed by atoms with van der Waals surface area (Å²) in [7, 11) is 4.53. The van der Waals surface area contributed by atoms with Crippen LogP contribution >= 0.6 is 11.3 Å². The average Bonchev–Trinajstić information content (AvgIpc) is 3.12. The Kier molecular flexibility index (Phi) is 7.27. The highest BCUT2D eigenvalue weighted by molar-refractivity contribution is 7.16. The first-order valence-electron chi connectivity index (χ1n) is 10.2. The molecule has 1 aliphatic heterocycles. The smallest absolute Gasteiger partial charge is 0.317 e. The number of fused-ring (bicyclic) bond motifs is 1. The molecule has 1 aliphatic rings. The van der Waals surface area contributed by atoms with Crippen molar-refractivity contribution < 1.29 is 23.8 Å². The van der Waals surface area contributed by atoms with Gasteiger partial charge in [0.05, 0.1) is 38.4 Å². The Morgan fingerprint density at radius 3 is 2.42 bits per heavy atom. The SMILES string of the molecule is CCCCNC(=O)N1CCc2c(sc(N)c2C(=O)c2cc(OC)c(OC)c(OC)c2)C1. The quantitative estimate of drug-likeness (QED) is 0.475. The zero-order valence-corrected chi connectivity index (χ0v) is 19.2. The number of nitrogens with two attached hydrogens (primary N) is 1. The van der Waals surface area contributed by atoms with Crippen molar-refractivity contribution >= 4 is 28.2 Å². The second kappa shape index (κ2) is 9.91. The van der Waals surface area contributed by atoms with E-state index < -0.39 is 0 Å². The largest absolute Gasteiger partial charge is 0.493 e. The van der Waals surface area contributed by atoms with Gasteiger partial charge in [0.25, 0.3) is 0 Å². The second-order valence-electron chi connectivity index (χ2n) is 7.24. The fourth-order valence-electron chi connectivity index (χ4n) is 3.69. The minimum Gasteiger partial charge on any atom is -0.493 e. The van der Waals surface area contributed by atoms with Gasteiger partial charge in [0.2, 0.25) is 5.75 Å². The first-order valence-corrected chi connectivity index (χ1v) is 11.0. The summed E-state index contributed by atoms with van der Waals surface area (Å²) in [5, 5.41) is 3.40. The average molecular weight is 448 g/mol. The van der Waals surface area contributed by atoms with Crippen molar-refractivity contribution in [2.75, 3.05) is 40.2 Å². The molecule has 2 aromatic rings. The van der Waals surface area contributed by atoms with E-state index in [1.807, 2.05) is 0 Å². The Balaban J connectivity index is 1.88. The Hall–Kier alpha value is -2.94. The van der Waals surface area contributed by atoms with E-state index in [1.165, 1.54) is 32.7 Å². The Morgan fingerprint density at radius 1 is 1.16 bits per heavy atom. The molecule has 1 aromatic heterocycles. The lowest BCUT2D eigenvalue weighted by Crippen LogP contribution is -2.42. The summed E-state index contributed by atoms with van der Waals surface area (Å²) in [5.41, 5.74) is 8.09. The van der Waals surface area contributed by atoms with Gasteiger partial charge >= 0.3 is 6.03 Å². The minimum atomic E-state index is -0.199. The number of ether oxygens (including phenoxy) is 3. The summed E-state index contributed by atoms with van der Waals surface area (Å²) < 4.78 is 16.1. The summed E-state index contributed by atoms with van der Waals surface area (Å²) in [4.78, 5) is 28.5. The second-order valence-corrected chi connectivity index (χ2v) is 8.38. The summed E-state index contributed by atoms with van der Waals surface area (Å²) in [6, 6.07) is 3.18. The van der Waals surface area contributed by atoms with Crippen molar-refractivity contribution in [2.45, 2.75) is 32.7 Å². The van der Waals surface area contributed by atoms with Gasteiger partial charge in [-0.3, -0.25) is 4.79 Å². The third-order valence-corrected chi connectivity index (χ3v) is 6.38. The van der Waals surface area contributed by atoms with Gasteiger partial charge in [-0.2, -0.15) is 0 Å². The number of unbranched alkanes of at least 4 members (excludes halogenated alkanes) is 1. The highest BCUT2D eigenvalue weighted by Gasteiger charge is 2.30. The van der Waals surface area contributed by atoms with Crippen molar-refractivity contribution in [2.24, 2.45) is 0 Å². The van der Waals surface area contributed by atoms with Crippen LogP contribution in [0, 0.1) is 0 Å². The minimum absolute atomic E-state index is 0.0800. The van der Waals surface area contributed by atoms with Gasteiger partial charge in [-0.15, -0.1) is 11.3 Å². The molecule has 3 rings (SSSR count). The molecule has 1 aromatic carbocycles. The molecule has 0 spiro atoms. The number of carbonyl (C=O) groups is 2. The van der Waals surface area contributed by atoms with Gasteiger partial charge in [-0.05, 0) is 30.5 Å². The van der Waals surface area contributed by atoms with Crippen LogP contribution in [0.1, 0.15) is 46.1 Å². The van der Waals surface area contributed by atoms with Gasteiger partial charge in [0.15, 0.2) is 17.3 Å². The number of amides is 2. The number of urea groups is 1. The molecule has 0 bridgehead atoms. The van der Waals surface area contributed by atoms with Crippen LogP contribution < -0.4 is 25.3 Å². The van der Waals surface area contributed by atoms with Crippen LogP contribution in [0.25, 0.3) is 0 Å². The van der Waals surface area contributed by atoms with Gasteiger partial charge in [0, 0.05) is 23.5 Å². The van der Waals surface area contributed by atoms with Crippen molar-refractivity contribution in [1.29, 1.82) is 0 Å². The number of rotatable bonds is 8. The predicted octanol–water partition coefficient (Wildman–Crippen LogP) is 3.45. The molecular weight excluding hydrogens is 418 g/mol. The van der Waals surface area contributed by atoms with Gasteiger partial charge < -0.3 is 30.2 Å². The Labute approximate surface area is 186 Å². The number of ketones is 1. The fraction of sp³-hybridized carbons (Fsp3) is 0.455. The maximum atomic E-state index is 13.4. The van der Waals surface area contributed by atoms with Gasteiger partial charge in [-0.25, -0.2) is 4.79 Å². The maximum Gasteiger partial charge on any atom is 0.317 e. The first kappa shape index (κ1) is 22.7. The number of hydrogen-bond acceptors (Lipinski definition) is 7. The number of methoxy groups -OCH3 is 3. The van der Waals surface area contributed by atoms with Crippen LogP contribution in [0.2, 0.25) is 0 Å². The summed E-state index contributed by atoms with van der Waals surface area (Å²) in [5.74, 6) is 1.03. The normalized spacial score (nSPS) is 12.8. The molecule has 168 valence electrons. The monoisotopic (exact) mass is 447 g/mol. The van der Waals surface area contributed by atoms with Crippen LogP contribution in [0.5, 0.6) is 17.2 Å². The highest BCUT2D eigenvalue weighted by Crippen LogP contribution is 2.41. The number of anilines is 1. The Morgan fingerprint density at radius 2 is 1.84 bits per heavy atom. The molecule has 0 aliphatic carbocycles. The number of hydrogen-bond donors (Lipinski definition) is 2. The highest BCUT2D eigenvalue weighted by atomic mass is 32.1. The summed E-state index contributed by atoms with van der Waals surface area (Å²) in [6.45, 7) is 3.73. The Bertz CT molecular complexity index is 947. The summed E-state index contributed by atoms with van der Waals surface area (Å²) in [6.07, 6.45) is 2.55. The predicted molar refractivity (Wildman–Crippen MR) is 121 cm³/mol. The molecule has 3 N–H and O–H groups in total. The van der Waals surface area contributed by atoms with Crippen LogP contribution in [0.15, 0.2) is 12.1 Å². The molecule has 0 atom stereocenters. The number of carbonyl (C=O) groups excluding carboxylic acids is 2. The molecule has 0 unspecified atom stereocenters. The van der Waals surface area contributed by atoms with E-state index >= 15 is 0 Å². The third-order valence-electron chi connectivity index (χ3n) is 5.33. The molecule has 9 heteroatoms. The zero-order chi connectivity index (χ0) is 22.5. The lowest BCUT2D eigenvalue weighted by molar-refractivity contribution is 0.103. The maximum absolute atomic E-state index is 13.4. The molecule has 2 heterocycles. The zero-order valence-electron chi connectivity index (χ0n) is 18.4. The standard InChI is InChI=1S/C22H29N3O5S/c1-5-6-8-24-22(27)25-9-7-14-17(12-25)31-21(23)18(14)19(26)13-10-15(28-2)20(30-4)16(11-13)29-3/h10-11H,5-9,12,23H2,1-4H3,(H,24,27). The van der Waals surface area contributed by atoms with Gasteiger partial charge in [0.1, 0.15) is 0 Å². The van der Waals surface area contributed by atoms with E-state index in [0.717, 1.165) is 23.3 Å². The topological polar surface area (TPSA) is 103 Å². The van der Waals surface area contributed by atoms with Crippen LogP contribution in [0.3, 0.4) is 0 Å². The van der Waals surface area contributed by atoms with E-state index in [9.17, 15) is 9.59 Å². The van der Waals surface area contributed by atoms with E-state index in [0.29, 0.717) is 59.4 Å². The molecule has 31 heavy (non-hydrogen) atoms. The lowest BCUT2D eigenvalue weighted by atomic mass is 9.96.